The van der Waals surface area contributed by atoms with Crippen molar-refractivity contribution in [3.05, 3.63) is 65.1 Å². The highest BCUT2D eigenvalue weighted by molar-refractivity contribution is 6.29. The first-order chi connectivity index (χ1) is 12.2. The van der Waals surface area contributed by atoms with Gasteiger partial charge in [-0.3, -0.25) is 0 Å². The number of nitrogens with one attached hydrogen (secondary N) is 1. The first-order valence-electron chi connectivity index (χ1n) is 8.79. The van der Waals surface area contributed by atoms with Gasteiger partial charge in [-0.15, -0.1) is 0 Å². The number of piperidine rings is 1. The van der Waals surface area contributed by atoms with Crippen LogP contribution in [-0.2, 0) is 0 Å². The Balaban J connectivity index is 1.39. The van der Waals surface area contributed by atoms with Gasteiger partial charge in [-0.2, -0.15) is 0 Å². The van der Waals surface area contributed by atoms with Crippen LogP contribution in [0.15, 0.2) is 48.7 Å². The Hall–Kier alpha value is -1.88. The summed E-state index contributed by atoms with van der Waals surface area (Å²) in [6, 6.07) is 14.1. The summed E-state index contributed by atoms with van der Waals surface area (Å²) >= 11 is 5.92. The molecular weight excluding hydrogens is 334 g/mol. The lowest BCUT2D eigenvalue weighted by Gasteiger charge is -2.33. The van der Waals surface area contributed by atoms with Crippen molar-refractivity contribution < 1.29 is 5.11 Å². The highest BCUT2D eigenvalue weighted by atomic mass is 35.5. The molecule has 4 rings (SSSR count). The molecule has 2 N–H and O–H groups in total. The number of β-amino-alcohol motifs (C(OH)–C–C–N with tert-alkyl or cyclic N) is 1. The van der Waals surface area contributed by atoms with Gasteiger partial charge in [-0.25, -0.2) is 4.98 Å². The maximum Gasteiger partial charge on any atom is 0.129 e. The zero-order chi connectivity index (χ0) is 17.2. The number of aliphatic hydroxyl groups is 1. The molecule has 1 aliphatic rings. The van der Waals surface area contributed by atoms with Crippen molar-refractivity contribution >= 4 is 22.5 Å². The Morgan fingerprint density at radius 3 is 2.76 bits per heavy atom. The first kappa shape index (κ1) is 16.6. The van der Waals surface area contributed by atoms with Crippen LogP contribution in [0.4, 0.5) is 0 Å². The summed E-state index contributed by atoms with van der Waals surface area (Å²) in [5.41, 5.74) is 3.30. The number of hydrogen-bond acceptors (Lipinski definition) is 3. The van der Waals surface area contributed by atoms with Crippen LogP contribution in [0, 0.1) is 0 Å². The largest absolute Gasteiger partial charge is 0.385 e. The standard InChI is InChI=1S/C20H22ClN3O/c21-20-6-2-5-18(23-20)19(25)13-24-11-8-14(9-12-24)15-3-1-4-17-16(15)7-10-22-17/h1-7,10,14,19,22,25H,8-9,11-13H2. The molecule has 1 aliphatic heterocycles. The summed E-state index contributed by atoms with van der Waals surface area (Å²) in [7, 11) is 0. The molecule has 1 atom stereocenters. The number of fused-ring (bicyclic) bond motifs is 1. The highest BCUT2D eigenvalue weighted by Gasteiger charge is 2.24. The van der Waals surface area contributed by atoms with Gasteiger partial charge in [0.25, 0.3) is 0 Å². The van der Waals surface area contributed by atoms with Crippen molar-refractivity contribution in [3.63, 3.8) is 0 Å². The molecular formula is C20H22ClN3O. The van der Waals surface area contributed by atoms with Gasteiger partial charge in [0.2, 0.25) is 0 Å². The van der Waals surface area contributed by atoms with Crippen LogP contribution in [0.5, 0.6) is 0 Å². The van der Waals surface area contributed by atoms with Crippen LogP contribution in [0.25, 0.3) is 10.9 Å². The predicted octanol–water partition coefficient (Wildman–Crippen LogP) is 4.13. The summed E-state index contributed by atoms with van der Waals surface area (Å²) in [4.78, 5) is 9.83. The van der Waals surface area contributed by atoms with Crippen molar-refractivity contribution in [2.75, 3.05) is 19.6 Å². The van der Waals surface area contributed by atoms with E-state index in [2.05, 4.69) is 39.1 Å². The Labute approximate surface area is 152 Å². The molecule has 130 valence electrons. The molecule has 3 heterocycles. The number of nitrogens with zero attached hydrogens (tertiary/aromatic N) is 2. The molecule has 0 radical (unpaired) electrons. The fourth-order valence-electron chi connectivity index (χ4n) is 3.84. The highest BCUT2D eigenvalue weighted by Crippen LogP contribution is 2.33. The Morgan fingerprint density at radius 1 is 1.16 bits per heavy atom. The van der Waals surface area contributed by atoms with E-state index >= 15 is 0 Å². The van der Waals surface area contributed by atoms with Gasteiger partial charge in [-0.1, -0.05) is 29.8 Å². The van der Waals surface area contributed by atoms with Gasteiger partial charge < -0.3 is 15.0 Å². The monoisotopic (exact) mass is 355 g/mol. The lowest BCUT2D eigenvalue weighted by atomic mass is 9.87. The minimum absolute atomic E-state index is 0.426. The van der Waals surface area contributed by atoms with Gasteiger partial charge in [-0.05, 0) is 61.7 Å². The molecule has 5 heteroatoms. The number of pyridine rings is 1. The molecule has 1 saturated heterocycles. The zero-order valence-corrected chi connectivity index (χ0v) is 14.8. The lowest BCUT2D eigenvalue weighted by Crippen LogP contribution is -2.36. The smallest absolute Gasteiger partial charge is 0.129 e. The maximum absolute atomic E-state index is 10.4. The van der Waals surface area contributed by atoms with Crippen molar-refractivity contribution in [2.45, 2.75) is 24.9 Å². The van der Waals surface area contributed by atoms with E-state index < -0.39 is 6.10 Å². The molecule has 2 aromatic heterocycles. The molecule has 25 heavy (non-hydrogen) atoms. The molecule has 0 spiro atoms. The minimum Gasteiger partial charge on any atom is -0.385 e. The summed E-state index contributed by atoms with van der Waals surface area (Å²) < 4.78 is 0. The Bertz CT molecular complexity index is 855. The van der Waals surface area contributed by atoms with Gasteiger partial charge in [0.15, 0.2) is 0 Å². The third-order valence-electron chi connectivity index (χ3n) is 5.17. The van der Waals surface area contributed by atoms with Gasteiger partial charge >= 0.3 is 0 Å². The molecule has 4 nitrogen and oxygen atoms in total. The van der Waals surface area contributed by atoms with E-state index in [1.165, 1.54) is 16.5 Å². The van der Waals surface area contributed by atoms with E-state index in [0.29, 0.717) is 23.3 Å². The molecule has 0 bridgehead atoms. The van der Waals surface area contributed by atoms with E-state index in [9.17, 15) is 5.11 Å². The Kier molecular flexibility index (Phi) is 4.75. The second-order valence-electron chi connectivity index (χ2n) is 6.76. The van der Waals surface area contributed by atoms with E-state index in [1.54, 1.807) is 6.07 Å². The number of aliphatic hydroxyl groups excluding tert-OH is 1. The lowest BCUT2D eigenvalue weighted by molar-refractivity contribution is 0.0945. The summed E-state index contributed by atoms with van der Waals surface area (Å²) in [6.45, 7) is 2.58. The van der Waals surface area contributed by atoms with Crippen LogP contribution in [0.2, 0.25) is 5.15 Å². The van der Waals surface area contributed by atoms with E-state index in [-0.39, 0.29) is 0 Å². The third-order valence-corrected chi connectivity index (χ3v) is 5.38. The average molecular weight is 356 g/mol. The van der Waals surface area contributed by atoms with E-state index in [1.807, 2.05) is 18.3 Å². The van der Waals surface area contributed by atoms with Crippen LogP contribution in [-0.4, -0.2) is 39.6 Å². The number of rotatable bonds is 4. The van der Waals surface area contributed by atoms with Crippen molar-refractivity contribution in [1.29, 1.82) is 0 Å². The molecule has 1 unspecified atom stereocenters. The van der Waals surface area contributed by atoms with Crippen LogP contribution >= 0.6 is 11.6 Å². The summed E-state index contributed by atoms with van der Waals surface area (Å²) in [5, 5.41) is 12.2. The van der Waals surface area contributed by atoms with Gasteiger partial charge in [0.05, 0.1) is 5.69 Å². The van der Waals surface area contributed by atoms with Gasteiger partial charge in [0.1, 0.15) is 11.3 Å². The summed E-state index contributed by atoms with van der Waals surface area (Å²) in [5.74, 6) is 0.581. The zero-order valence-electron chi connectivity index (χ0n) is 14.0. The van der Waals surface area contributed by atoms with Crippen LogP contribution in [0.1, 0.15) is 36.1 Å². The second kappa shape index (κ2) is 7.16. The second-order valence-corrected chi connectivity index (χ2v) is 7.15. The molecule has 1 aromatic carbocycles. The molecule has 1 fully saturated rings. The normalized spacial score (nSPS) is 17.8. The van der Waals surface area contributed by atoms with Gasteiger partial charge in [0, 0.05) is 23.6 Å². The molecule has 0 saturated carbocycles. The predicted molar refractivity (Wildman–Crippen MR) is 101 cm³/mol. The molecule has 0 aliphatic carbocycles. The molecule has 3 aromatic rings. The Morgan fingerprint density at radius 2 is 1.96 bits per heavy atom. The van der Waals surface area contributed by atoms with Crippen molar-refractivity contribution in [1.82, 2.24) is 14.9 Å². The number of aromatic amines is 1. The number of hydrogen-bond donors (Lipinski definition) is 2. The number of H-pyrrole nitrogens is 1. The third kappa shape index (κ3) is 3.56. The average Bonchev–Trinajstić information content (AvgIpc) is 3.11. The first-order valence-corrected chi connectivity index (χ1v) is 9.17. The topological polar surface area (TPSA) is 52.1 Å². The number of halogens is 1. The number of benzene rings is 1. The SMILES string of the molecule is OC(CN1CCC(c2cccc3[nH]ccc23)CC1)c1cccc(Cl)n1. The fourth-order valence-corrected chi connectivity index (χ4v) is 4.01. The van der Waals surface area contributed by atoms with Crippen molar-refractivity contribution in [3.8, 4) is 0 Å². The fraction of sp³-hybridized carbons (Fsp3) is 0.350. The number of likely N-dealkylation sites (tertiary alicyclic amines) is 1. The van der Waals surface area contributed by atoms with E-state index in [0.717, 1.165) is 25.9 Å². The molecule has 0 amide bonds. The maximum atomic E-state index is 10.4. The summed E-state index contributed by atoms with van der Waals surface area (Å²) in [6.07, 6.45) is 3.64. The number of aromatic nitrogens is 2. The van der Waals surface area contributed by atoms with Crippen LogP contribution < -0.4 is 0 Å². The minimum atomic E-state index is -0.594. The van der Waals surface area contributed by atoms with E-state index in [4.69, 9.17) is 11.6 Å². The van der Waals surface area contributed by atoms with Crippen LogP contribution in [0.3, 0.4) is 0 Å². The van der Waals surface area contributed by atoms with Crippen molar-refractivity contribution in [2.24, 2.45) is 0 Å². The quantitative estimate of drug-likeness (QED) is 0.692.